The van der Waals surface area contributed by atoms with Gasteiger partial charge < -0.3 is 10.4 Å². The smallest absolute Gasteiger partial charge is 0.0580 e. The van der Waals surface area contributed by atoms with Crippen molar-refractivity contribution in [3.8, 4) is 0 Å². The van der Waals surface area contributed by atoms with Crippen LogP contribution in [0.15, 0.2) is 12.3 Å². The second-order valence-corrected chi connectivity index (χ2v) is 4.32. The first-order valence-electron chi connectivity index (χ1n) is 5.73. The highest BCUT2D eigenvalue weighted by Gasteiger charge is 2.22. The zero-order chi connectivity index (χ0) is 10.5. The van der Waals surface area contributed by atoms with Crippen molar-refractivity contribution in [1.82, 2.24) is 15.5 Å². The molecule has 3 N–H and O–H groups in total. The third kappa shape index (κ3) is 3.04. The maximum Gasteiger partial charge on any atom is 0.0580 e. The predicted molar refractivity (Wildman–Crippen MR) is 58.3 cm³/mol. The normalized spacial score (nSPS) is 26.7. The van der Waals surface area contributed by atoms with Crippen LogP contribution < -0.4 is 5.32 Å². The number of hydrogen-bond donors (Lipinski definition) is 3. The number of aromatic nitrogens is 2. The van der Waals surface area contributed by atoms with E-state index in [0.717, 1.165) is 31.6 Å². The molecule has 0 spiro atoms. The van der Waals surface area contributed by atoms with Crippen molar-refractivity contribution in [2.75, 3.05) is 6.54 Å². The van der Waals surface area contributed by atoms with Gasteiger partial charge in [-0.25, -0.2) is 0 Å². The maximum atomic E-state index is 9.77. The van der Waals surface area contributed by atoms with Crippen LogP contribution in [0.25, 0.3) is 0 Å². The Morgan fingerprint density at radius 2 is 2.33 bits per heavy atom. The minimum Gasteiger partial charge on any atom is -0.393 e. The van der Waals surface area contributed by atoms with Crippen LogP contribution in [-0.2, 0) is 6.54 Å². The number of aromatic amines is 1. The van der Waals surface area contributed by atoms with E-state index in [9.17, 15) is 5.11 Å². The number of aliphatic hydroxyl groups excluding tert-OH is 1. The fraction of sp³-hybridized carbons (Fsp3) is 0.727. The van der Waals surface area contributed by atoms with E-state index in [4.69, 9.17) is 0 Å². The topological polar surface area (TPSA) is 60.9 Å². The van der Waals surface area contributed by atoms with Gasteiger partial charge in [0.1, 0.15) is 0 Å². The van der Waals surface area contributed by atoms with Crippen LogP contribution in [0.5, 0.6) is 0 Å². The van der Waals surface area contributed by atoms with Crippen molar-refractivity contribution < 1.29 is 5.11 Å². The average molecular weight is 209 g/mol. The number of nitrogens with one attached hydrogen (secondary N) is 2. The summed E-state index contributed by atoms with van der Waals surface area (Å²) in [4.78, 5) is 0. The van der Waals surface area contributed by atoms with Gasteiger partial charge in [0.05, 0.1) is 6.10 Å². The van der Waals surface area contributed by atoms with Gasteiger partial charge in [0, 0.05) is 25.0 Å². The first-order chi connectivity index (χ1) is 7.36. The third-order valence-corrected chi connectivity index (χ3v) is 3.15. The molecular formula is C11H19N3O. The molecule has 2 rings (SSSR count). The quantitative estimate of drug-likeness (QED) is 0.694. The standard InChI is InChI=1S/C11H19N3O/c15-11-4-2-1-3-9(11)7-12-8-10-5-6-13-14-10/h5-6,9,11-12,15H,1-4,7-8H2,(H,13,14). The lowest BCUT2D eigenvalue weighted by Crippen LogP contribution is -2.33. The van der Waals surface area contributed by atoms with Crippen LogP contribution in [0, 0.1) is 5.92 Å². The van der Waals surface area contributed by atoms with E-state index >= 15 is 0 Å². The van der Waals surface area contributed by atoms with Crippen molar-refractivity contribution in [2.45, 2.75) is 38.3 Å². The Hall–Kier alpha value is -0.870. The van der Waals surface area contributed by atoms with Crippen LogP contribution in [0.2, 0.25) is 0 Å². The van der Waals surface area contributed by atoms with Gasteiger partial charge in [-0.2, -0.15) is 5.10 Å². The molecule has 0 radical (unpaired) electrons. The number of H-pyrrole nitrogens is 1. The molecule has 1 aliphatic rings. The van der Waals surface area contributed by atoms with Crippen molar-refractivity contribution >= 4 is 0 Å². The summed E-state index contributed by atoms with van der Waals surface area (Å²) >= 11 is 0. The molecule has 1 fully saturated rings. The highest BCUT2D eigenvalue weighted by atomic mass is 16.3. The van der Waals surface area contributed by atoms with Crippen LogP contribution in [0.1, 0.15) is 31.4 Å². The van der Waals surface area contributed by atoms with Crippen molar-refractivity contribution in [3.63, 3.8) is 0 Å². The zero-order valence-electron chi connectivity index (χ0n) is 8.95. The summed E-state index contributed by atoms with van der Waals surface area (Å²) in [5.41, 5.74) is 1.10. The minimum absolute atomic E-state index is 0.104. The Morgan fingerprint density at radius 1 is 1.47 bits per heavy atom. The minimum atomic E-state index is -0.104. The number of aliphatic hydroxyl groups is 1. The molecule has 1 aromatic heterocycles. The van der Waals surface area contributed by atoms with Gasteiger partial charge in [0.15, 0.2) is 0 Å². The molecule has 2 atom stereocenters. The molecular weight excluding hydrogens is 190 g/mol. The molecule has 1 aliphatic carbocycles. The Bertz CT molecular complexity index is 273. The van der Waals surface area contributed by atoms with Crippen molar-refractivity contribution in [1.29, 1.82) is 0 Å². The molecule has 84 valence electrons. The molecule has 1 aromatic rings. The van der Waals surface area contributed by atoms with Gasteiger partial charge in [-0.05, 0) is 24.8 Å². The molecule has 2 unspecified atom stereocenters. The SMILES string of the molecule is OC1CCCCC1CNCc1ccn[nH]1. The second-order valence-electron chi connectivity index (χ2n) is 4.32. The lowest BCUT2D eigenvalue weighted by Gasteiger charge is -2.27. The van der Waals surface area contributed by atoms with Gasteiger partial charge in [-0.1, -0.05) is 12.8 Å². The summed E-state index contributed by atoms with van der Waals surface area (Å²) in [6.45, 7) is 1.71. The van der Waals surface area contributed by atoms with Crippen LogP contribution in [0.4, 0.5) is 0 Å². The van der Waals surface area contributed by atoms with E-state index in [1.807, 2.05) is 6.07 Å². The number of rotatable bonds is 4. The summed E-state index contributed by atoms with van der Waals surface area (Å²) < 4.78 is 0. The zero-order valence-corrected chi connectivity index (χ0v) is 8.95. The molecule has 0 saturated heterocycles. The van der Waals surface area contributed by atoms with Crippen molar-refractivity contribution in [3.05, 3.63) is 18.0 Å². The Balaban J connectivity index is 1.68. The van der Waals surface area contributed by atoms with E-state index in [0.29, 0.717) is 5.92 Å². The molecule has 0 amide bonds. The largest absolute Gasteiger partial charge is 0.393 e. The summed E-state index contributed by atoms with van der Waals surface area (Å²) in [6, 6.07) is 1.96. The fourth-order valence-electron chi connectivity index (χ4n) is 2.20. The van der Waals surface area contributed by atoms with Crippen LogP contribution >= 0.6 is 0 Å². The summed E-state index contributed by atoms with van der Waals surface area (Å²) in [5, 5.41) is 19.9. The Morgan fingerprint density at radius 3 is 3.07 bits per heavy atom. The van der Waals surface area contributed by atoms with E-state index in [2.05, 4.69) is 15.5 Å². The Kier molecular flexibility index (Phi) is 3.75. The average Bonchev–Trinajstić information content (AvgIpc) is 2.74. The van der Waals surface area contributed by atoms with Gasteiger partial charge in [0.25, 0.3) is 0 Å². The van der Waals surface area contributed by atoms with E-state index in [1.54, 1.807) is 6.20 Å². The molecule has 0 bridgehead atoms. The molecule has 1 heterocycles. The summed E-state index contributed by atoms with van der Waals surface area (Å²) in [7, 11) is 0. The van der Waals surface area contributed by atoms with Crippen molar-refractivity contribution in [2.24, 2.45) is 5.92 Å². The fourth-order valence-corrected chi connectivity index (χ4v) is 2.20. The Labute approximate surface area is 90.1 Å². The first-order valence-corrected chi connectivity index (χ1v) is 5.73. The monoisotopic (exact) mass is 209 g/mol. The number of nitrogens with zero attached hydrogens (tertiary/aromatic N) is 1. The number of hydrogen-bond acceptors (Lipinski definition) is 3. The first kappa shape index (κ1) is 10.6. The predicted octanol–water partition coefficient (Wildman–Crippen LogP) is 1.05. The van der Waals surface area contributed by atoms with Gasteiger partial charge in [-0.3, -0.25) is 5.10 Å². The van der Waals surface area contributed by atoms with Gasteiger partial charge >= 0.3 is 0 Å². The molecule has 15 heavy (non-hydrogen) atoms. The highest BCUT2D eigenvalue weighted by Crippen LogP contribution is 2.23. The van der Waals surface area contributed by atoms with E-state index in [1.165, 1.54) is 12.8 Å². The van der Waals surface area contributed by atoms with Gasteiger partial charge in [-0.15, -0.1) is 0 Å². The maximum absolute atomic E-state index is 9.77. The second kappa shape index (κ2) is 5.28. The molecule has 0 aromatic carbocycles. The van der Waals surface area contributed by atoms with Crippen LogP contribution in [-0.4, -0.2) is 28.0 Å². The third-order valence-electron chi connectivity index (χ3n) is 3.15. The molecule has 4 nitrogen and oxygen atoms in total. The highest BCUT2D eigenvalue weighted by molar-refractivity contribution is 4.96. The molecule has 1 saturated carbocycles. The lowest BCUT2D eigenvalue weighted by molar-refractivity contribution is 0.0694. The summed E-state index contributed by atoms with van der Waals surface area (Å²) in [5.74, 6) is 0.432. The lowest BCUT2D eigenvalue weighted by atomic mass is 9.86. The van der Waals surface area contributed by atoms with Gasteiger partial charge in [0.2, 0.25) is 0 Å². The van der Waals surface area contributed by atoms with E-state index in [-0.39, 0.29) is 6.10 Å². The van der Waals surface area contributed by atoms with Crippen LogP contribution in [0.3, 0.4) is 0 Å². The molecule has 0 aliphatic heterocycles. The van der Waals surface area contributed by atoms with E-state index < -0.39 is 0 Å². The molecule has 4 heteroatoms. The summed E-state index contributed by atoms with van der Waals surface area (Å²) in [6.07, 6.45) is 6.21.